The minimum absolute atomic E-state index is 0.0335. The maximum atomic E-state index is 6.00. The summed E-state index contributed by atoms with van der Waals surface area (Å²) in [5.74, 6) is 0.863. The highest BCUT2D eigenvalue weighted by Crippen LogP contribution is 2.27. The maximum Gasteiger partial charge on any atom is 0.124 e. The van der Waals surface area contributed by atoms with Crippen LogP contribution in [0.1, 0.15) is 38.9 Å². The van der Waals surface area contributed by atoms with Crippen LogP contribution in [-0.2, 0) is 9.47 Å². The van der Waals surface area contributed by atoms with E-state index in [4.69, 9.17) is 14.2 Å². The van der Waals surface area contributed by atoms with Crippen LogP contribution < -0.4 is 10.1 Å². The molecule has 0 fully saturated rings. The molecule has 0 saturated carbocycles. The molecule has 4 nitrogen and oxygen atoms in total. The maximum absolute atomic E-state index is 6.00. The Bertz CT molecular complexity index is 382. The topological polar surface area (TPSA) is 39.7 Å². The Morgan fingerprint density at radius 3 is 2.52 bits per heavy atom. The van der Waals surface area contributed by atoms with Gasteiger partial charge in [0.15, 0.2) is 0 Å². The van der Waals surface area contributed by atoms with Crippen LogP contribution >= 0.6 is 0 Å². The van der Waals surface area contributed by atoms with Gasteiger partial charge < -0.3 is 19.5 Å². The van der Waals surface area contributed by atoms with Gasteiger partial charge in [-0.3, -0.25) is 0 Å². The number of para-hydroxylation sites is 1. The third-order valence-electron chi connectivity index (χ3n) is 3.09. The fourth-order valence-electron chi connectivity index (χ4n) is 2.03. The van der Waals surface area contributed by atoms with Crippen molar-refractivity contribution in [1.29, 1.82) is 0 Å². The molecule has 1 atom stereocenters. The summed E-state index contributed by atoms with van der Waals surface area (Å²) >= 11 is 0. The fraction of sp³-hybridized carbons (Fsp3) is 0.647. The fourth-order valence-corrected chi connectivity index (χ4v) is 2.03. The van der Waals surface area contributed by atoms with E-state index in [1.165, 1.54) is 0 Å². The second-order valence-corrected chi connectivity index (χ2v) is 5.28. The van der Waals surface area contributed by atoms with E-state index in [1.54, 1.807) is 7.11 Å². The average Bonchev–Trinajstić information content (AvgIpc) is 2.50. The highest BCUT2D eigenvalue weighted by Gasteiger charge is 2.16. The lowest BCUT2D eigenvalue weighted by atomic mass is 10.1. The van der Waals surface area contributed by atoms with Crippen LogP contribution in [0.15, 0.2) is 24.3 Å². The van der Waals surface area contributed by atoms with Gasteiger partial charge in [-0.1, -0.05) is 39.0 Å². The highest BCUT2D eigenvalue weighted by atomic mass is 16.5. The Balaban J connectivity index is 2.62. The van der Waals surface area contributed by atoms with E-state index in [0.29, 0.717) is 19.3 Å². The van der Waals surface area contributed by atoms with Crippen LogP contribution in [0.3, 0.4) is 0 Å². The van der Waals surface area contributed by atoms with Gasteiger partial charge in [-0.05, 0) is 12.5 Å². The summed E-state index contributed by atoms with van der Waals surface area (Å²) in [6.45, 7) is 9.11. The molecule has 0 aromatic heterocycles. The summed E-state index contributed by atoms with van der Waals surface area (Å²) < 4.78 is 16.9. The van der Waals surface area contributed by atoms with Crippen molar-refractivity contribution in [2.24, 2.45) is 0 Å². The molecule has 0 aliphatic carbocycles. The Labute approximate surface area is 128 Å². The monoisotopic (exact) mass is 295 g/mol. The van der Waals surface area contributed by atoms with Crippen LogP contribution in [-0.4, -0.2) is 39.5 Å². The molecule has 0 radical (unpaired) electrons. The summed E-state index contributed by atoms with van der Waals surface area (Å²) in [5, 5.41) is 3.43. The zero-order valence-corrected chi connectivity index (χ0v) is 13.7. The van der Waals surface area contributed by atoms with Crippen molar-refractivity contribution in [1.82, 2.24) is 5.32 Å². The molecule has 0 aliphatic rings. The van der Waals surface area contributed by atoms with Gasteiger partial charge in [0.2, 0.25) is 0 Å². The van der Waals surface area contributed by atoms with Crippen LogP contribution in [0.25, 0.3) is 0 Å². The molecule has 1 rings (SSSR count). The minimum Gasteiger partial charge on any atom is -0.496 e. The molecule has 0 amide bonds. The number of benzene rings is 1. The second kappa shape index (κ2) is 10.6. The van der Waals surface area contributed by atoms with Crippen molar-refractivity contribution < 1.29 is 14.2 Å². The van der Waals surface area contributed by atoms with E-state index in [-0.39, 0.29) is 6.10 Å². The highest BCUT2D eigenvalue weighted by molar-refractivity contribution is 5.35. The number of nitrogens with one attached hydrogen (secondary N) is 1. The molecule has 1 aromatic rings. The number of hydrogen-bond donors (Lipinski definition) is 1. The van der Waals surface area contributed by atoms with Gasteiger partial charge in [-0.2, -0.15) is 0 Å². The Hall–Kier alpha value is -1.10. The molecule has 0 spiro atoms. The molecule has 1 N–H and O–H groups in total. The zero-order chi connectivity index (χ0) is 15.5. The van der Waals surface area contributed by atoms with Crippen LogP contribution in [0.5, 0.6) is 5.75 Å². The smallest absolute Gasteiger partial charge is 0.124 e. The molecule has 1 aromatic carbocycles. The summed E-state index contributed by atoms with van der Waals surface area (Å²) in [7, 11) is 1.69. The van der Waals surface area contributed by atoms with E-state index in [9.17, 15) is 0 Å². The molecule has 0 saturated heterocycles. The van der Waals surface area contributed by atoms with Crippen LogP contribution in [0, 0.1) is 0 Å². The molecule has 0 heterocycles. The van der Waals surface area contributed by atoms with Crippen LogP contribution in [0.4, 0.5) is 0 Å². The standard InChI is InChI=1S/C17H29NO3/c1-5-10-20-11-12-21-17(13-18-14(2)3)15-8-6-7-9-16(15)19-4/h6-9,14,17-18H,5,10-13H2,1-4H3. The first-order chi connectivity index (χ1) is 10.2. The van der Waals surface area contributed by atoms with Gasteiger partial charge in [-0.15, -0.1) is 0 Å². The summed E-state index contributed by atoms with van der Waals surface area (Å²) in [5.41, 5.74) is 1.07. The van der Waals surface area contributed by atoms with Crippen molar-refractivity contribution in [3.63, 3.8) is 0 Å². The van der Waals surface area contributed by atoms with Crippen molar-refractivity contribution >= 4 is 0 Å². The van der Waals surface area contributed by atoms with Crippen molar-refractivity contribution in [2.75, 3.05) is 33.5 Å². The first-order valence-electron chi connectivity index (χ1n) is 7.74. The molecule has 1 unspecified atom stereocenters. The first kappa shape index (κ1) is 18.0. The van der Waals surface area contributed by atoms with E-state index >= 15 is 0 Å². The van der Waals surface area contributed by atoms with Crippen LogP contribution in [0.2, 0.25) is 0 Å². The number of rotatable bonds is 11. The lowest BCUT2D eigenvalue weighted by Crippen LogP contribution is -2.30. The number of ether oxygens (including phenoxy) is 3. The van der Waals surface area contributed by atoms with Gasteiger partial charge >= 0.3 is 0 Å². The SMILES string of the molecule is CCCOCCOC(CNC(C)C)c1ccccc1OC. The van der Waals surface area contributed by atoms with Gasteiger partial charge in [-0.25, -0.2) is 0 Å². The average molecular weight is 295 g/mol. The molecular weight excluding hydrogens is 266 g/mol. The first-order valence-corrected chi connectivity index (χ1v) is 7.74. The summed E-state index contributed by atoms with van der Waals surface area (Å²) in [4.78, 5) is 0. The molecule has 4 heteroatoms. The second-order valence-electron chi connectivity index (χ2n) is 5.28. The van der Waals surface area contributed by atoms with Crippen molar-refractivity contribution in [3.8, 4) is 5.75 Å². The van der Waals surface area contributed by atoms with Gasteiger partial charge in [0.05, 0.1) is 26.4 Å². The Kier molecular flexibility index (Phi) is 9.06. The molecular formula is C17H29NO3. The number of hydrogen-bond acceptors (Lipinski definition) is 4. The zero-order valence-electron chi connectivity index (χ0n) is 13.7. The Morgan fingerprint density at radius 1 is 1.10 bits per heavy atom. The quantitative estimate of drug-likeness (QED) is 0.637. The van der Waals surface area contributed by atoms with Crippen molar-refractivity contribution in [2.45, 2.75) is 39.3 Å². The third-order valence-corrected chi connectivity index (χ3v) is 3.09. The molecule has 21 heavy (non-hydrogen) atoms. The molecule has 0 aliphatic heterocycles. The number of methoxy groups -OCH3 is 1. The normalized spacial score (nSPS) is 12.6. The van der Waals surface area contributed by atoms with E-state index in [1.807, 2.05) is 18.2 Å². The molecule has 120 valence electrons. The van der Waals surface area contributed by atoms with E-state index < -0.39 is 0 Å². The van der Waals surface area contributed by atoms with E-state index in [0.717, 1.165) is 30.9 Å². The van der Waals surface area contributed by atoms with E-state index in [2.05, 4.69) is 32.2 Å². The summed E-state index contributed by atoms with van der Waals surface area (Å²) in [6, 6.07) is 8.42. The molecule has 0 bridgehead atoms. The lowest BCUT2D eigenvalue weighted by Gasteiger charge is -2.22. The summed E-state index contributed by atoms with van der Waals surface area (Å²) in [6.07, 6.45) is 0.999. The van der Waals surface area contributed by atoms with Crippen molar-refractivity contribution in [3.05, 3.63) is 29.8 Å². The Morgan fingerprint density at radius 2 is 1.86 bits per heavy atom. The van der Waals surface area contributed by atoms with Gasteiger partial charge in [0.1, 0.15) is 5.75 Å². The predicted octanol–water partition coefficient (Wildman–Crippen LogP) is 3.18. The minimum atomic E-state index is -0.0335. The third kappa shape index (κ3) is 6.93. The lowest BCUT2D eigenvalue weighted by molar-refractivity contribution is 0.00273. The van der Waals surface area contributed by atoms with Gasteiger partial charge in [0.25, 0.3) is 0 Å². The largest absolute Gasteiger partial charge is 0.496 e. The van der Waals surface area contributed by atoms with Gasteiger partial charge in [0, 0.05) is 24.8 Å². The predicted molar refractivity (Wildman–Crippen MR) is 85.9 cm³/mol.